The molecule has 0 aliphatic carbocycles. The molecule has 0 radical (unpaired) electrons. The number of nitrogens with one attached hydrogen (secondary N) is 1. The van der Waals surface area contributed by atoms with E-state index in [4.69, 9.17) is 11.6 Å². The number of tetrazole rings is 1. The molecular formula is C16H14ClN5O. The van der Waals surface area contributed by atoms with E-state index >= 15 is 0 Å². The predicted octanol–water partition coefficient (Wildman–Crippen LogP) is 3.27. The van der Waals surface area contributed by atoms with Gasteiger partial charge in [-0.1, -0.05) is 35.9 Å². The van der Waals surface area contributed by atoms with Gasteiger partial charge in [-0.15, -0.1) is 10.2 Å². The molecule has 1 N–H and O–H groups in total. The maximum absolute atomic E-state index is 12.4. The molecule has 0 saturated heterocycles. The standard InChI is InChI=1S/C16H14ClN5O/c1-2-22-20-15(19-21-22)12-8-4-6-10-14(12)18-16(23)11-7-3-5-9-13(11)17/h3-10H,2H2,1H3,(H,18,23). The van der Waals surface area contributed by atoms with Crippen molar-refractivity contribution < 1.29 is 4.79 Å². The van der Waals surface area contributed by atoms with E-state index in [2.05, 4.69) is 20.7 Å². The van der Waals surface area contributed by atoms with Crippen LogP contribution in [0.2, 0.25) is 5.02 Å². The first kappa shape index (κ1) is 15.2. The third-order valence-corrected chi connectivity index (χ3v) is 3.60. The molecule has 1 amide bonds. The molecule has 1 heterocycles. The summed E-state index contributed by atoms with van der Waals surface area (Å²) < 4.78 is 0. The maximum atomic E-state index is 12.4. The van der Waals surface area contributed by atoms with E-state index in [0.29, 0.717) is 34.2 Å². The fraction of sp³-hybridized carbons (Fsp3) is 0.125. The summed E-state index contributed by atoms with van der Waals surface area (Å²) in [4.78, 5) is 13.9. The van der Waals surface area contributed by atoms with E-state index in [9.17, 15) is 4.79 Å². The van der Waals surface area contributed by atoms with Gasteiger partial charge in [0.25, 0.3) is 5.91 Å². The molecule has 0 aliphatic heterocycles. The second-order valence-corrected chi connectivity index (χ2v) is 5.19. The largest absolute Gasteiger partial charge is 0.321 e. The Morgan fingerprint density at radius 2 is 1.91 bits per heavy atom. The Hall–Kier alpha value is -2.73. The smallest absolute Gasteiger partial charge is 0.257 e. The molecule has 23 heavy (non-hydrogen) atoms. The van der Waals surface area contributed by atoms with Crippen LogP contribution < -0.4 is 5.32 Å². The molecule has 0 saturated carbocycles. The SMILES string of the molecule is CCn1nnc(-c2ccccc2NC(=O)c2ccccc2Cl)n1. The van der Waals surface area contributed by atoms with Crippen molar-refractivity contribution in [2.45, 2.75) is 13.5 Å². The topological polar surface area (TPSA) is 72.7 Å². The van der Waals surface area contributed by atoms with Crippen LogP contribution in [0, 0.1) is 0 Å². The summed E-state index contributed by atoms with van der Waals surface area (Å²) in [5, 5.41) is 15.5. The first-order chi connectivity index (χ1) is 11.2. The minimum atomic E-state index is -0.286. The number of carbonyl (C=O) groups is 1. The van der Waals surface area contributed by atoms with Gasteiger partial charge in [0.2, 0.25) is 5.82 Å². The second-order valence-electron chi connectivity index (χ2n) is 4.78. The van der Waals surface area contributed by atoms with E-state index in [1.807, 2.05) is 25.1 Å². The number of hydrogen-bond donors (Lipinski definition) is 1. The number of aryl methyl sites for hydroxylation is 1. The molecule has 0 fully saturated rings. The fourth-order valence-corrected chi connectivity index (χ4v) is 2.33. The Balaban J connectivity index is 1.92. The van der Waals surface area contributed by atoms with E-state index in [-0.39, 0.29) is 5.91 Å². The summed E-state index contributed by atoms with van der Waals surface area (Å²) in [6.45, 7) is 2.55. The molecule has 116 valence electrons. The Morgan fingerprint density at radius 1 is 1.17 bits per heavy atom. The summed E-state index contributed by atoms with van der Waals surface area (Å²) in [7, 11) is 0. The van der Waals surface area contributed by atoms with Crippen LogP contribution in [0.15, 0.2) is 48.5 Å². The molecule has 0 atom stereocenters. The van der Waals surface area contributed by atoms with Crippen LogP contribution in [0.5, 0.6) is 0 Å². The normalized spacial score (nSPS) is 10.5. The molecule has 2 aromatic carbocycles. The lowest BCUT2D eigenvalue weighted by atomic mass is 10.1. The van der Waals surface area contributed by atoms with Crippen LogP contribution >= 0.6 is 11.6 Å². The van der Waals surface area contributed by atoms with E-state index in [1.165, 1.54) is 4.80 Å². The highest BCUT2D eigenvalue weighted by Crippen LogP contribution is 2.25. The van der Waals surface area contributed by atoms with Crippen LogP contribution in [0.4, 0.5) is 5.69 Å². The maximum Gasteiger partial charge on any atom is 0.257 e. The van der Waals surface area contributed by atoms with Crippen LogP contribution in [-0.2, 0) is 6.54 Å². The molecule has 6 nitrogen and oxygen atoms in total. The van der Waals surface area contributed by atoms with Gasteiger partial charge in [-0.05, 0) is 36.4 Å². The lowest BCUT2D eigenvalue weighted by Crippen LogP contribution is -2.13. The average molecular weight is 328 g/mol. The van der Waals surface area contributed by atoms with Gasteiger partial charge in [0, 0.05) is 5.56 Å². The molecule has 0 aliphatic rings. The molecule has 3 aromatic rings. The molecule has 1 aromatic heterocycles. The van der Waals surface area contributed by atoms with Crippen molar-refractivity contribution in [1.29, 1.82) is 0 Å². The van der Waals surface area contributed by atoms with Gasteiger partial charge in [0.05, 0.1) is 22.8 Å². The first-order valence-electron chi connectivity index (χ1n) is 7.12. The third kappa shape index (κ3) is 3.22. The molecule has 3 rings (SSSR count). The Morgan fingerprint density at radius 3 is 2.65 bits per heavy atom. The summed E-state index contributed by atoms with van der Waals surface area (Å²) >= 11 is 6.07. The van der Waals surface area contributed by atoms with E-state index in [0.717, 1.165) is 0 Å². The van der Waals surface area contributed by atoms with Gasteiger partial charge in [-0.3, -0.25) is 4.79 Å². The quantitative estimate of drug-likeness (QED) is 0.798. The van der Waals surface area contributed by atoms with Gasteiger partial charge in [0.15, 0.2) is 0 Å². The lowest BCUT2D eigenvalue weighted by Gasteiger charge is -2.09. The number of nitrogens with zero attached hydrogens (tertiary/aromatic N) is 4. The van der Waals surface area contributed by atoms with E-state index < -0.39 is 0 Å². The van der Waals surface area contributed by atoms with Gasteiger partial charge in [0.1, 0.15) is 0 Å². The summed E-state index contributed by atoms with van der Waals surface area (Å²) in [5.41, 5.74) is 1.72. The number of benzene rings is 2. The minimum Gasteiger partial charge on any atom is -0.321 e. The first-order valence-corrected chi connectivity index (χ1v) is 7.50. The molecule has 0 unspecified atom stereocenters. The third-order valence-electron chi connectivity index (χ3n) is 3.27. The van der Waals surface area contributed by atoms with Crippen molar-refractivity contribution in [2.75, 3.05) is 5.32 Å². The number of anilines is 1. The molecular weight excluding hydrogens is 314 g/mol. The number of para-hydroxylation sites is 1. The monoisotopic (exact) mass is 327 g/mol. The Bertz CT molecular complexity index is 846. The van der Waals surface area contributed by atoms with Crippen molar-refractivity contribution in [3.05, 3.63) is 59.1 Å². The van der Waals surface area contributed by atoms with Crippen LogP contribution in [0.25, 0.3) is 11.4 Å². The zero-order valence-electron chi connectivity index (χ0n) is 12.4. The van der Waals surface area contributed by atoms with E-state index in [1.54, 1.807) is 30.3 Å². The van der Waals surface area contributed by atoms with Crippen molar-refractivity contribution >= 4 is 23.2 Å². The highest BCUT2D eigenvalue weighted by Gasteiger charge is 2.15. The zero-order valence-corrected chi connectivity index (χ0v) is 13.2. The van der Waals surface area contributed by atoms with Crippen LogP contribution in [-0.4, -0.2) is 26.1 Å². The van der Waals surface area contributed by atoms with Crippen molar-refractivity contribution in [2.24, 2.45) is 0 Å². The van der Waals surface area contributed by atoms with Crippen molar-refractivity contribution in [1.82, 2.24) is 20.2 Å². The lowest BCUT2D eigenvalue weighted by molar-refractivity contribution is 0.102. The van der Waals surface area contributed by atoms with Crippen molar-refractivity contribution in [3.8, 4) is 11.4 Å². The molecule has 7 heteroatoms. The van der Waals surface area contributed by atoms with Gasteiger partial charge in [-0.25, -0.2) is 0 Å². The van der Waals surface area contributed by atoms with Crippen LogP contribution in [0.1, 0.15) is 17.3 Å². The minimum absolute atomic E-state index is 0.286. The Labute approximate surface area is 138 Å². The highest BCUT2D eigenvalue weighted by atomic mass is 35.5. The van der Waals surface area contributed by atoms with Crippen molar-refractivity contribution in [3.63, 3.8) is 0 Å². The summed E-state index contributed by atoms with van der Waals surface area (Å²) in [5.74, 6) is 0.174. The number of amides is 1. The van der Waals surface area contributed by atoms with Gasteiger partial charge in [-0.2, -0.15) is 4.80 Å². The van der Waals surface area contributed by atoms with Gasteiger partial charge < -0.3 is 5.32 Å². The average Bonchev–Trinajstić information content (AvgIpc) is 3.04. The summed E-state index contributed by atoms with van der Waals surface area (Å²) in [6, 6.07) is 14.2. The Kier molecular flexibility index (Phi) is 4.34. The van der Waals surface area contributed by atoms with Gasteiger partial charge >= 0.3 is 0 Å². The number of halogens is 1. The molecule has 0 bridgehead atoms. The summed E-state index contributed by atoms with van der Waals surface area (Å²) in [6.07, 6.45) is 0. The predicted molar refractivity (Wildman–Crippen MR) is 88.3 cm³/mol. The number of aromatic nitrogens is 4. The zero-order chi connectivity index (χ0) is 16.2. The van der Waals surface area contributed by atoms with Crippen LogP contribution in [0.3, 0.4) is 0 Å². The second kappa shape index (κ2) is 6.58. The molecule has 0 spiro atoms. The highest BCUT2D eigenvalue weighted by molar-refractivity contribution is 6.34. The fourth-order valence-electron chi connectivity index (χ4n) is 2.11. The number of rotatable bonds is 4. The number of carbonyl (C=O) groups excluding carboxylic acids is 1. The number of hydrogen-bond acceptors (Lipinski definition) is 4.